The van der Waals surface area contributed by atoms with Gasteiger partial charge in [0, 0.05) is 46.4 Å². The van der Waals surface area contributed by atoms with Gasteiger partial charge in [-0.1, -0.05) is 0 Å². The van der Waals surface area contributed by atoms with E-state index in [4.69, 9.17) is 4.74 Å². The molecule has 2 rings (SSSR count). The van der Waals surface area contributed by atoms with Gasteiger partial charge in [0.25, 0.3) is 0 Å². The molecule has 5 heteroatoms. The lowest BCUT2D eigenvalue weighted by molar-refractivity contribution is 0.150. The summed E-state index contributed by atoms with van der Waals surface area (Å²) in [5.74, 6) is 0.687. The van der Waals surface area contributed by atoms with Crippen LogP contribution in [-0.4, -0.2) is 68.8 Å². The molecule has 2 heterocycles. The van der Waals surface area contributed by atoms with Crippen LogP contribution in [0.2, 0.25) is 0 Å². The fourth-order valence-corrected chi connectivity index (χ4v) is 2.64. The number of amides is 2. The van der Waals surface area contributed by atoms with Crippen molar-refractivity contribution < 1.29 is 9.53 Å². The van der Waals surface area contributed by atoms with E-state index in [-0.39, 0.29) is 6.03 Å². The van der Waals surface area contributed by atoms with Crippen molar-refractivity contribution in [2.24, 2.45) is 5.92 Å². The van der Waals surface area contributed by atoms with Gasteiger partial charge in [-0.3, -0.25) is 0 Å². The predicted molar refractivity (Wildman–Crippen MR) is 70.6 cm³/mol. The Bertz CT molecular complexity index is 269. The molecule has 0 aliphatic carbocycles. The maximum absolute atomic E-state index is 11.8. The lowest BCUT2D eigenvalue weighted by Gasteiger charge is -2.34. The quantitative estimate of drug-likeness (QED) is 0.810. The molecule has 2 aliphatic heterocycles. The van der Waals surface area contributed by atoms with Crippen molar-refractivity contribution in [3.05, 3.63) is 0 Å². The third-order valence-electron chi connectivity index (χ3n) is 3.87. The number of hydrogen-bond donors (Lipinski definition) is 1. The van der Waals surface area contributed by atoms with Crippen LogP contribution in [0.3, 0.4) is 0 Å². The van der Waals surface area contributed by atoms with Crippen molar-refractivity contribution in [3.8, 4) is 0 Å². The minimum atomic E-state index is 0.137. The van der Waals surface area contributed by atoms with Crippen LogP contribution >= 0.6 is 0 Å². The Balaban J connectivity index is 1.65. The zero-order valence-electron chi connectivity index (χ0n) is 11.5. The second kappa shape index (κ2) is 6.38. The molecule has 1 unspecified atom stereocenters. The molecule has 2 fully saturated rings. The molecular weight excluding hydrogens is 230 g/mol. The van der Waals surface area contributed by atoms with Gasteiger partial charge >= 0.3 is 6.03 Å². The number of nitrogens with one attached hydrogen (secondary N) is 1. The van der Waals surface area contributed by atoms with E-state index in [1.807, 2.05) is 19.0 Å². The van der Waals surface area contributed by atoms with Gasteiger partial charge in [0.05, 0.1) is 6.61 Å². The smallest absolute Gasteiger partial charge is 0.319 e. The molecule has 2 saturated heterocycles. The van der Waals surface area contributed by atoms with Crippen LogP contribution in [0.15, 0.2) is 0 Å². The standard InChI is InChI=1S/C13H25N3O2/c1-15(2)13(17)16-6-3-12(4-7-16)14-9-11-5-8-18-10-11/h11-12,14H,3-10H2,1-2H3. The highest BCUT2D eigenvalue weighted by Crippen LogP contribution is 2.14. The SMILES string of the molecule is CN(C)C(=O)N1CCC(NCC2CCOC2)CC1. The molecule has 2 aliphatic rings. The molecule has 0 radical (unpaired) electrons. The topological polar surface area (TPSA) is 44.8 Å². The maximum atomic E-state index is 11.8. The molecule has 0 aromatic rings. The number of urea groups is 1. The second-order valence-electron chi connectivity index (χ2n) is 5.58. The van der Waals surface area contributed by atoms with Crippen molar-refractivity contribution in [3.63, 3.8) is 0 Å². The summed E-state index contributed by atoms with van der Waals surface area (Å²) in [5.41, 5.74) is 0. The average Bonchev–Trinajstić information content (AvgIpc) is 2.89. The predicted octanol–water partition coefficient (Wildman–Crippen LogP) is 0.759. The van der Waals surface area contributed by atoms with E-state index >= 15 is 0 Å². The minimum Gasteiger partial charge on any atom is -0.381 e. The minimum absolute atomic E-state index is 0.137. The Morgan fingerprint density at radius 1 is 1.33 bits per heavy atom. The number of likely N-dealkylation sites (tertiary alicyclic amines) is 1. The molecule has 18 heavy (non-hydrogen) atoms. The first kappa shape index (κ1) is 13.6. The third kappa shape index (κ3) is 3.59. The van der Waals surface area contributed by atoms with Crippen molar-refractivity contribution >= 4 is 6.03 Å². The Labute approximate surface area is 109 Å². The number of piperidine rings is 1. The fourth-order valence-electron chi connectivity index (χ4n) is 2.64. The molecule has 0 saturated carbocycles. The summed E-state index contributed by atoms with van der Waals surface area (Å²) in [6, 6.07) is 0.703. The van der Waals surface area contributed by atoms with Gasteiger partial charge in [0.15, 0.2) is 0 Å². The third-order valence-corrected chi connectivity index (χ3v) is 3.87. The average molecular weight is 255 g/mol. The summed E-state index contributed by atoms with van der Waals surface area (Å²) in [5, 5.41) is 3.62. The van der Waals surface area contributed by atoms with Crippen LogP contribution < -0.4 is 5.32 Å². The zero-order valence-corrected chi connectivity index (χ0v) is 11.5. The molecule has 0 bridgehead atoms. The largest absolute Gasteiger partial charge is 0.381 e. The summed E-state index contributed by atoms with van der Waals surface area (Å²) in [6.45, 7) is 4.63. The van der Waals surface area contributed by atoms with Gasteiger partial charge in [-0.2, -0.15) is 0 Å². The lowest BCUT2D eigenvalue weighted by Crippen LogP contribution is -2.48. The van der Waals surface area contributed by atoms with Crippen LogP contribution in [0, 0.1) is 5.92 Å². The summed E-state index contributed by atoms with van der Waals surface area (Å²) in [6.07, 6.45) is 3.31. The van der Waals surface area contributed by atoms with Crippen LogP contribution in [-0.2, 0) is 4.74 Å². The normalized spacial score (nSPS) is 25.4. The van der Waals surface area contributed by atoms with Crippen molar-refractivity contribution in [2.75, 3.05) is 46.9 Å². The summed E-state index contributed by atoms with van der Waals surface area (Å²) in [7, 11) is 3.62. The Morgan fingerprint density at radius 2 is 2.06 bits per heavy atom. The van der Waals surface area contributed by atoms with Crippen LogP contribution in [0.5, 0.6) is 0 Å². The molecular formula is C13H25N3O2. The van der Waals surface area contributed by atoms with Gasteiger partial charge in [-0.15, -0.1) is 0 Å². The molecule has 5 nitrogen and oxygen atoms in total. The summed E-state index contributed by atoms with van der Waals surface area (Å²) < 4.78 is 5.37. The van der Waals surface area contributed by atoms with Gasteiger partial charge in [0.1, 0.15) is 0 Å². The first-order valence-electron chi connectivity index (χ1n) is 6.94. The fraction of sp³-hybridized carbons (Fsp3) is 0.923. The first-order chi connectivity index (χ1) is 8.66. The van der Waals surface area contributed by atoms with Gasteiger partial charge in [-0.05, 0) is 25.2 Å². The Hall–Kier alpha value is -0.810. The lowest BCUT2D eigenvalue weighted by atomic mass is 10.0. The molecule has 0 aromatic heterocycles. The van der Waals surface area contributed by atoms with Crippen molar-refractivity contribution in [2.45, 2.75) is 25.3 Å². The molecule has 2 amide bonds. The van der Waals surface area contributed by atoms with E-state index in [0.29, 0.717) is 12.0 Å². The van der Waals surface area contributed by atoms with Crippen LogP contribution in [0.1, 0.15) is 19.3 Å². The van der Waals surface area contributed by atoms with Gasteiger partial charge in [0.2, 0.25) is 0 Å². The summed E-state index contributed by atoms with van der Waals surface area (Å²) >= 11 is 0. The monoisotopic (exact) mass is 255 g/mol. The van der Waals surface area contributed by atoms with E-state index in [0.717, 1.165) is 45.7 Å². The highest BCUT2D eigenvalue weighted by molar-refractivity contribution is 5.73. The van der Waals surface area contributed by atoms with E-state index in [2.05, 4.69) is 5.32 Å². The maximum Gasteiger partial charge on any atom is 0.319 e. The Morgan fingerprint density at radius 3 is 2.61 bits per heavy atom. The van der Waals surface area contributed by atoms with Gasteiger partial charge < -0.3 is 19.9 Å². The Kier molecular flexibility index (Phi) is 4.83. The number of hydrogen-bond acceptors (Lipinski definition) is 3. The molecule has 0 aromatic carbocycles. The number of nitrogens with zero attached hydrogens (tertiary/aromatic N) is 2. The van der Waals surface area contributed by atoms with Crippen molar-refractivity contribution in [1.29, 1.82) is 0 Å². The summed E-state index contributed by atoms with van der Waals surface area (Å²) in [4.78, 5) is 15.4. The number of carbonyl (C=O) groups is 1. The van der Waals surface area contributed by atoms with E-state index in [1.54, 1.807) is 4.90 Å². The number of carbonyl (C=O) groups excluding carboxylic acids is 1. The van der Waals surface area contributed by atoms with Crippen LogP contribution in [0.25, 0.3) is 0 Å². The first-order valence-corrected chi connectivity index (χ1v) is 6.94. The zero-order chi connectivity index (χ0) is 13.0. The van der Waals surface area contributed by atoms with E-state index in [1.165, 1.54) is 6.42 Å². The number of rotatable bonds is 3. The highest BCUT2D eigenvalue weighted by atomic mass is 16.5. The molecule has 0 spiro atoms. The number of ether oxygens (including phenoxy) is 1. The molecule has 1 atom stereocenters. The van der Waals surface area contributed by atoms with E-state index < -0.39 is 0 Å². The highest BCUT2D eigenvalue weighted by Gasteiger charge is 2.24. The van der Waals surface area contributed by atoms with Crippen molar-refractivity contribution in [1.82, 2.24) is 15.1 Å². The molecule has 104 valence electrons. The van der Waals surface area contributed by atoms with Gasteiger partial charge in [-0.25, -0.2) is 4.79 Å². The second-order valence-corrected chi connectivity index (χ2v) is 5.58. The van der Waals surface area contributed by atoms with E-state index in [9.17, 15) is 4.79 Å². The molecule has 1 N–H and O–H groups in total. The van der Waals surface area contributed by atoms with Crippen LogP contribution in [0.4, 0.5) is 4.79 Å².